The first kappa shape index (κ1) is 11.5. The minimum absolute atomic E-state index is 0.189. The van der Waals surface area contributed by atoms with Crippen LogP contribution in [0.25, 0.3) is 0 Å². The van der Waals surface area contributed by atoms with E-state index in [4.69, 9.17) is 0 Å². The van der Waals surface area contributed by atoms with Crippen molar-refractivity contribution in [2.45, 2.75) is 46.1 Å². The summed E-state index contributed by atoms with van der Waals surface area (Å²) in [5, 5.41) is 10.0. The molecule has 0 saturated heterocycles. The monoisotopic (exact) mass is 194 g/mol. The first-order chi connectivity index (χ1) is 6.49. The Morgan fingerprint density at radius 3 is 2.71 bits per heavy atom. The van der Waals surface area contributed by atoms with Gasteiger partial charge in [0.05, 0.1) is 6.10 Å². The van der Waals surface area contributed by atoms with E-state index in [2.05, 4.69) is 20.4 Å². The molecule has 1 N–H and O–H groups in total. The maximum Gasteiger partial charge on any atom is 0.0791 e. The van der Waals surface area contributed by atoms with Gasteiger partial charge in [0.15, 0.2) is 0 Å². The maximum absolute atomic E-state index is 10.0. The highest BCUT2D eigenvalue weighted by molar-refractivity contribution is 5.14. The molecule has 0 heterocycles. The zero-order valence-corrected chi connectivity index (χ0v) is 9.59. The number of aliphatic hydroxyl groups excluding tert-OH is 1. The van der Waals surface area contributed by atoms with Crippen LogP contribution in [0.15, 0.2) is 24.3 Å². The second-order valence-corrected chi connectivity index (χ2v) is 4.99. The summed E-state index contributed by atoms with van der Waals surface area (Å²) in [5.41, 5.74) is 1.40. The van der Waals surface area contributed by atoms with Gasteiger partial charge in [-0.1, -0.05) is 38.2 Å². The van der Waals surface area contributed by atoms with Crippen molar-refractivity contribution < 1.29 is 5.11 Å². The van der Waals surface area contributed by atoms with Crippen molar-refractivity contribution >= 4 is 0 Å². The third-order valence-electron chi connectivity index (χ3n) is 3.33. The molecule has 1 rings (SSSR count). The smallest absolute Gasteiger partial charge is 0.0791 e. The van der Waals surface area contributed by atoms with Gasteiger partial charge in [-0.15, -0.1) is 0 Å². The molecular weight excluding hydrogens is 172 g/mol. The number of hydrogen-bond donors (Lipinski definition) is 1. The third kappa shape index (κ3) is 2.27. The van der Waals surface area contributed by atoms with Crippen LogP contribution in [0, 0.1) is 11.3 Å². The Bertz CT molecular complexity index is 238. The van der Waals surface area contributed by atoms with E-state index >= 15 is 0 Å². The van der Waals surface area contributed by atoms with Crippen molar-refractivity contribution in [3.63, 3.8) is 0 Å². The Kier molecular flexibility index (Phi) is 3.54. The number of hydrogen-bond acceptors (Lipinski definition) is 1. The van der Waals surface area contributed by atoms with Crippen molar-refractivity contribution in [3.05, 3.63) is 24.3 Å². The summed E-state index contributed by atoms with van der Waals surface area (Å²) < 4.78 is 0. The average molecular weight is 194 g/mol. The normalized spacial score (nSPS) is 29.4. The lowest BCUT2D eigenvalue weighted by Gasteiger charge is -2.42. The van der Waals surface area contributed by atoms with Crippen LogP contribution in [0.5, 0.6) is 0 Å². The molecular formula is C13H22O. The number of aliphatic hydroxyl groups is 1. The minimum atomic E-state index is -0.359. The zero-order valence-electron chi connectivity index (χ0n) is 9.59. The largest absolute Gasteiger partial charge is 0.388 e. The lowest BCUT2D eigenvalue weighted by molar-refractivity contribution is 0.0675. The third-order valence-corrected chi connectivity index (χ3v) is 3.33. The van der Waals surface area contributed by atoms with Gasteiger partial charge in [-0.2, -0.15) is 0 Å². The first-order valence-electron chi connectivity index (χ1n) is 5.47. The van der Waals surface area contributed by atoms with E-state index in [1.54, 1.807) is 0 Å². The number of rotatable bonds is 2. The molecule has 0 aromatic heterocycles. The van der Waals surface area contributed by atoms with Crippen LogP contribution < -0.4 is 0 Å². The highest BCUT2D eigenvalue weighted by atomic mass is 16.3. The van der Waals surface area contributed by atoms with Crippen LogP contribution in [0.1, 0.15) is 40.0 Å². The molecule has 0 aromatic rings. The number of allylic oxidation sites excluding steroid dienone is 1. The summed E-state index contributed by atoms with van der Waals surface area (Å²) in [6, 6.07) is 0. The zero-order chi connectivity index (χ0) is 10.8. The molecule has 1 heteroatoms. The van der Waals surface area contributed by atoms with E-state index < -0.39 is 0 Å². The van der Waals surface area contributed by atoms with Gasteiger partial charge in [-0.05, 0) is 31.6 Å². The molecule has 80 valence electrons. The van der Waals surface area contributed by atoms with Crippen molar-refractivity contribution in [2.75, 3.05) is 0 Å². The predicted octanol–water partition coefficient (Wildman–Crippen LogP) is 3.31. The predicted molar refractivity (Wildman–Crippen MR) is 61.1 cm³/mol. The maximum atomic E-state index is 10.0. The molecule has 1 aliphatic carbocycles. The molecule has 1 nitrogen and oxygen atoms in total. The van der Waals surface area contributed by atoms with Gasteiger partial charge in [-0.3, -0.25) is 0 Å². The second-order valence-electron chi connectivity index (χ2n) is 4.99. The Morgan fingerprint density at radius 1 is 1.57 bits per heavy atom. The van der Waals surface area contributed by atoms with Crippen LogP contribution >= 0.6 is 0 Å². The highest BCUT2D eigenvalue weighted by Gasteiger charge is 2.37. The molecule has 0 radical (unpaired) electrons. The molecule has 2 atom stereocenters. The Hall–Kier alpha value is -0.560. The van der Waals surface area contributed by atoms with Crippen molar-refractivity contribution in [3.8, 4) is 0 Å². The van der Waals surface area contributed by atoms with Crippen LogP contribution in [-0.2, 0) is 0 Å². The van der Waals surface area contributed by atoms with Crippen LogP contribution in [0.2, 0.25) is 0 Å². The fraction of sp³-hybridized carbons (Fsp3) is 0.692. The summed E-state index contributed by atoms with van der Waals surface area (Å²) in [7, 11) is 0. The summed E-state index contributed by atoms with van der Waals surface area (Å²) >= 11 is 0. The Labute approximate surface area is 87.5 Å². The fourth-order valence-corrected chi connectivity index (χ4v) is 2.65. The molecule has 1 saturated carbocycles. The molecule has 0 spiro atoms. The molecule has 0 amide bonds. The molecule has 0 aromatic carbocycles. The molecule has 1 aliphatic rings. The van der Waals surface area contributed by atoms with E-state index in [0.29, 0.717) is 0 Å². The van der Waals surface area contributed by atoms with Crippen LogP contribution in [-0.4, -0.2) is 11.2 Å². The first-order valence-corrected chi connectivity index (χ1v) is 5.47. The van der Waals surface area contributed by atoms with Crippen molar-refractivity contribution in [1.29, 1.82) is 0 Å². The van der Waals surface area contributed by atoms with E-state index in [1.165, 1.54) is 18.4 Å². The van der Waals surface area contributed by atoms with Crippen LogP contribution in [0.4, 0.5) is 0 Å². The fourth-order valence-electron chi connectivity index (χ4n) is 2.65. The topological polar surface area (TPSA) is 20.2 Å². The van der Waals surface area contributed by atoms with Crippen molar-refractivity contribution in [2.24, 2.45) is 11.3 Å². The summed E-state index contributed by atoms with van der Waals surface area (Å²) in [6.07, 6.45) is 6.91. The lowest BCUT2D eigenvalue weighted by Crippen LogP contribution is -2.37. The van der Waals surface area contributed by atoms with Gasteiger partial charge in [0.2, 0.25) is 0 Å². The average Bonchev–Trinajstić information content (AvgIpc) is 2.02. The second kappa shape index (κ2) is 4.31. The van der Waals surface area contributed by atoms with Gasteiger partial charge < -0.3 is 5.11 Å². The highest BCUT2D eigenvalue weighted by Crippen LogP contribution is 2.44. The minimum Gasteiger partial charge on any atom is -0.388 e. The lowest BCUT2D eigenvalue weighted by atomic mass is 9.64. The Morgan fingerprint density at radius 2 is 2.21 bits per heavy atom. The quantitative estimate of drug-likeness (QED) is 0.669. The van der Waals surface area contributed by atoms with E-state index in [9.17, 15) is 5.11 Å². The van der Waals surface area contributed by atoms with Gasteiger partial charge in [0.25, 0.3) is 0 Å². The van der Waals surface area contributed by atoms with Crippen molar-refractivity contribution in [1.82, 2.24) is 0 Å². The van der Waals surface area contributed by atoms with Gasteiger partial charge in [0, 0.05) is 5.92 Å². The Balaban J connectivity index is 2.84. The molecule has 0 bridgehead atoms. The molecule has 1 fully saturated rings. The van der Waals surface area contributed by atoms with Gasteiger partial charge in [0.1, 0.15) is 0 Å². The standard InChI is InChI=1S/C13H22O/c1-5-7-11(14)12-10(2)8-6-9-13(12,3)4/h5,7,11-12,14H,2,6,8-9H2,1,3-4H3/b7-5+/t11?,12-/m0/s1. The van der Waals surface area contributed by atoms with Crippen LogP contribution in [0.3, 0.4) is 0 Å². The summed E-state index contributed by atoms with van der Waals surface area (Å²) in [6.45, 7) is 10.5. The summed E-state index contributed by atoms with van der Waals surface area (Å²) in [4.78, 5) is 0. The summed E-state index contributed by atoms with van der Waals surface area (Å²) in [5.74, 6) is 0.229. The molecule has 14 heavy (non-hydrogen) atoms. The van der Waals surface area contributed by atoms with Gasteiger partial charge >= 0.3 is 0 Å². The van der Waals surface area contributed by atoms with E-state index in [-0.39, 0.29) is 17.4 Å². The molecule has 0 aliphatic heterocycles. The van der Waals surface area contributed by atoms with E-state index in [0.717, 1.165) is 6.42 Å². The molecule has 1 unspecified atom stereocenters. The van der Waals surface area contributed by atoms with Gasteiger partial charge in [-0.25, -0.2) is 0 Å². The van der Waals surface area contributed by atoms with E-state index in [1.807, 2.05) is 19.1 Å². The SMILES string of the molecule is C=C1CCCC(C)(C)[C@@H]1C(O)/C=C/C.